The highest BCUT2D eigenvalue weighted by atomic mass is 19.4. The Balaban J connectivity index is 1.74. The SMILES string of the molecule is CCCCCCOc1cccc(Nc2nc(Nc3ccc(OC(C)CC)cc3)ncc2C(F)(F)F)c1. The fourth-order valence-corrected chi connectivity index (χ4v) is 3.33. The van der Waals surface area contributed by atoms with Gasteiger partial charge in [0.05, 0.1) is 12.7 Å². The van der Waals surface area contributed by atoms with E-state index in [4.69, 9.17) is 9.47 Å². The number of alkyl halides is 3. The molecule has 1 unspecified atom stereocenters. The van der Waals surface area contributed by atoms with Gasteiger partial charge in [-0.15, -0.1) is 0 Å². The number of aromatic nitrogens is 2. The van der Waals surface area contributed by atoms with E-state index in [1.165, 1.54) is 0 Å². The highest BCUT2D eigenvalue weighted by Crippen LogP contribution is 2.36. The number of nitrogens with zero attached hydrogens (tertiary/aromatic N) is 2. The molecule has 0 aliphatic rings. The second-order valence-electron chi connectivity index (χ2n) is 8.50. The number of halogens is 3. The van der Waals surface area contributed by atoms with Crippen LogP contribution < -0.4 is 20.1 Å². The van der Waals surface area contributed by atoms with Crippen molar-refractivity contribution in [3.8, 4) is 11.5 Å². The van der Waals surface area contributed by atoms with E-state index in [1.54, 1.807) is 48.5 Å². The summed E-state index contributed by atoms with van der Waals surface area (Å²) in [5.41, 5.74) is 0.0923. The third kappa shape index (κ3) is 8.32. The van der Waals surface area contributed by atoms with E-state index in [1.807, 2.05) is 13.8 Å². The molecule has 0 amide bonds. The van der Waals surface area contributed by atoms with E-state index in [9.17, 15) is 13.2 Å². The lowest BCUT2D eigenvalue weighted by Crippen LogP contribution is -2.12. The average molecular weight is 503 g/mol. The van der Waals surface area contributed by atoms with E-state index < -0.39 is 11.7 Å². The Kier molecular flexibility index (Phi) is 9.78. The van der Waals surface area contributed by atoms with Crippen molar-refractivity contribution in [2.75, 3.05) is 17.2 Å². The van der Waals surface area contributed by atoms with Crippen LogP contribution in [0.25, 0.3) is 0 Å². The van der Waals surface area contributed by atoms with Crippen molar-refractivity contribution < 1.29 is 22.6 Å². The Bertz CT molecular complexity index is 1090. The van der Waals surface area contributed by atoms with Gasteiger partial charge in [0.15, 0.2) is 0 Å². The standard InChI is InChI=1S/C27H33F3N4O2/c1-4-6-7-8-16-35-23-11-9-10-21(17-23)32-25-24(27(28,29)30)18-31-26(34-25)33-20-12-14-22(15-13-20)36-19(3)5-2/h9-15,17-19H,4-8,16H2,1-3H3,(H2,31,32,33,34). The molecule has 2 N–H and O–H groups in total. The zero-order valence-electron chi connectivity index (χ0n) is 20.9. The van der Waals surface area contributed by atoms with Crippen molar-refractivity contribution in [1.29, 1.82) is 0 Å². The summed E-state index contributed by atoms with van der Waals surface area (Å²) >= 11 is 0. The van der Waals surface area contributed by atoms with Gasteiger partial charge in [0.25, 0.3) is 0 Å². The molecular formula is C27H33F3N4O2. The summed E-state index contributed by atoms with van der Waals surface area (Å²) in [6.45, 7) is 6.71. The predicted octanol–water partition coefficient (Wildman–Crippen LogP) is 8.12. The summed E-state index contributed by atoms with van der Waals surface area (Å²) in [6, 6.07) is 13.9. The number of nitrogens with one attached hydrogen (secondary N) is 2. The van der Waals surface area contributed by atoms with Crippen molar-refractivity contribution in [2.45, 2.75) is 65.2 Å². The van der Waals surface area contributed by atoms with Crippen molar-refractivity contribution in [1.82, 2.24) is 9.97 Å². The zero-order chi connectivity index (χ0) is 26.0. The lowest BCUT2D eigenvalue weighted by molar-refractivity contribution is -0.137. The Hall–Kier alpha value is -3.49. The number of hydrogen-bond acceptors (Lipinski definition) is 6. The van der Waals surface area contributed by atoms with E-state index in [0.29, 0.717) is 29.5 Å². The quantitative estimate of drug-likeness (QED) is 0.230. The second kappa shape index (κ2) is 13.0. The van der Waals surface area contributed by atoms with Gasteiger partial charge in [-0.2, -0.15) is 18.2 Å². The molecule has 36 heavy (non-hydrogen) atoms. The third-order valence-electron chi connectivity index (χ3n) is 5.48. The first kappa shape index (κ1) is 27.1. The van der Waals surface area contributed by atoms with Crippen LogP contribution in [0.15, 0.2) is 54.7 Å². The largest absolute Gasteiger partial charge is 0.494 e. The highest BCUT2D eigenvalue weighted by Gasteiger charge is 2.35. The van der Waals surface area contributed by atoms with Gasteiger partial charge >= 0.3 is 6.18 Å². The molecule has 0 spiro atoms. The smallest absolute Gasteiger partial charge is 0.421 e. The van der Waals surface area contributed by atoms with Crippen molar-refractivity contribution in [3.05, 3.63) is 60.3 Å². The lowest BCUT2D eigenvalue weighted by atomic mass is 10.2. The minimum atomic E-state index is -4.62. The minimum absolute atomic E-state index is 0.0319. The molecule has 9 heteroatoms. The molecule has 3 rings (SSSR count). The Morgan fingerprint density at radius 3 is 2.39 bits per heavy atom. The molecular weight excluding hydrogens is 469 g/mol. The summed E-state index contributed by atoms with van der Waals surface area (Å²) in [7, 11) is 0. The maximum atomic E-state index is 13.7. The first-order valence-corrected chi connectivity index (χ1v) is 12.3. The van der Waals surface area contributed by atoms with Gasteiger partial charge in [-0.3, -0.25) is 0 Å². The van der Waals surface area contributed by atoms with Gasteiger partial charge in [0.2, 0.25) is 5.95 Å². The van der Waals surface area contributed by atoms with Gasteiger partial charge in [0.1, 0.15) is 22.9 Å². The number of benzene rings is 2. The highest BCUT2D eigenvalue weighted by molar-refractivity contribution is 5.64. The Morgan fingerprint density at radius 2 is 1.69 bits per heavy atom. The molecule has 6 nitrogen and oxygen atoms in total. The van der Waals surface area contributed by atoms with Crippen LogP contribution in [0.1, 0.15) is 58.4 Å². The fraction of sp³-hybridized carbons (Fsp3) is 0.407. The first-order valence-electron chi connectivity index (χ1n) is 12.3. The molecule has 1 heterocycles. The summed E-state index contributed by atoms with van der Waals surface area (Å²) in [4.78, 5) is 7.99. The summed E-state index contributed by atoms with van der Waals surface area (Å²) < 4.78 is 52.5. The zero-order valence-corrected chi connectivity index (χ0v) is 20.9. The number of anilines is 4. The van der Waals surface area contributed by atoms with Crippen LogP contribution in [0.5, 0.6) is 11.5 Å². The van der Waals surface area contributed by atoms with E-state index in [0.717, 1.165) is 38.3 Å². The van der Waals surface area contributed by atoms with Crippen LogP contribution >= 0.6 is 0 Å². The van der Waals surface area contributed by atoms with Crippen LogP contribution in [-0.2, 0) is 6.18 Å². The number of hydrogen-bond donors (Lipinski definition) is 2. The fourth-order valence-electron chi connectivity index (χ4n) is 3.33. The average Bonchev–Trinajstić information content (AvgIpc) is 2.85. The van der Waals surface area contributed by atoms with E-state index >= 15 is 0 Å². The van der Waals surface area contributed by atoms with Crippen molar-refractivity contribution in [2.24, 2.45) is 0 Å². The molecule has 194 valence electrons. The molecule has 0 bridgehead atoms. The number of unbranched alkanes of at least 4 members (excludes halogenated alkanes) is 3. The van der Waals surface area contributed by atoms with Gasteiger partial charge < -0.3 is 20.1 Å². The molecule has 0 radical (unpaired) electrons. The molecule has 0 aliphatic carbocycles. The molecule has 2 aromatic carbocycles. The summed E-state index contributed by atoms with van der Waals surface area (Å²) in [6.07, 6.45) is 1.39. The summed E-state index contributed by atoms with van der Waals surface area (Å²) in [5, 5.41) is 5.73. The monoisotopic (exact) mass is 502 g/mol. The molecule has 0 fully saturated rings. The van der Waals surface area contributed by atoms with Crippen LogP contribution in [0.2, 0.25) is 0 Å². The van der Waals surface area contributed by atoms with E-state index in [-0.39, 0.29) is 17.9 Å². The second-order valence-corrected chi connectivity index (χ2v) is 8.50. The Labute approximate surface area is 210 Å². The van der Waals surface area contributed by atoms with Crippen LogP contribution in [-0.4, -0.2) is 22.7 Å². The lowest BCUT2D eigenvalue weighted by Gasteiger charge is -2.16. The molecule has 1 atom stereocenters. The van der Waals surface area contributed by atoms with Crippen molar-refractivity contribution >= 4 is 23.1 Å². The molecule has 0 aliphatic heterocycles. The van der Waals surface area contributed by atoms with Crippen molar-refractivity contribution in [3.63, 3.8) is 0 Å². The molecule has 0 saturated carbocycles. The molecule has 0 saturated heterocycles. The van der Waals surface area contributed by atoms with Gasteiger partial charge in [-0.05, 0) is 56.2 Å². The molecule has 1 aromatic heterocycles. The van der Waals surface area contributed by atoms with Gasteiger partial charge in [-0.1, -0.05) is 39.2 Å². The predicted molar refractivity (Wildman–Crippen MR) is 137 cm³/mol. The van der Waals surface area contributed by atoms with Crippen LogP contribution in [0.3, 0.4) is 0 Å². The summed E-state index contributed by atoms with van der Waals surface area (Å²) in [5.74, 6) is 0.969. The van der Waals surface area contributed by atoms with E-state index in [2.05, 4.69) is 27.5 Å². The molecule has 3 aromatic rings. The number of ether oxygens (including phenoxy) is 2. The Morgan fingerprint density at radius 1 is 0.917 bits per heavy atom. The van der Waals surface area contributed by atoms with Crippen LogP contribution in [0, 0.1) is 0 Å². The third-order valence-corrected chi connectivity index (χ3v) is 5.48. The van der Waals surface area contributed by atoms with Crippen LogP contribution in [0.4, 0.5) is 36.3 Å². The van der Waals surface area contributed by atoms with Gasteiger partial charge in [0, 0.05) is 23.6 Å². The number of rotatable bonds is 13. The first-order chi connectivity index (χ1) is 17.3. The normalized spacial score (nSPS) is 12.2. The minimum Gasteiger partial charge on any atom is -0.494 e. The maximum absolute atomic E-state index is 13.7. The maximum Gasteiger partial charge on any atom is 0.421 e. The topological polar surface area (TPSA) is 68.3 Å². The van der Waals surface area contributed by atoms with Gasteiger partial charge in [-0.25, -0.2) is 4.98 Å².